The molecule has 0 aliphatic heterocycles. The Morgan fingerprint density at radius 3 is 2.31 bits per heavy atom. The van der Waals surface area contributed by atoms with Crippen molar-refractivity contribution in [1.29, 1.82) is 4.78 Å². The van der Waals surface area contributed by atoms with Gasteiger partial charge < -0.3 is 4.84 Å². The summed E-state index contributed by atoms with van der Waals surface area (Å²) in [5.41, 5.74) is 0.286. The van der Waals surface area contributed by atoms with Crippen LogP contribution in [0.3, 0.4) is 0 Å². The van der Waals surface area contributed by atoms with E-state index >= 15 is 0 Å². The maximum absolute atomic E-state index is 13.3. The van der Waals surface area contributed by atoms with Gasteiger partial charge in [-0.3, -0.25) is 0 Å². The molecule has 2 aromatic rings. The maximum atomic E-state index is 13.3. The number of halogens is 5. The summed E-state index contributed by atoms with van der Waals surface area (Å²) in [6.07, 6.45) is -3.51. The van der Waals surface area contributed by atoms with E-state index in [1.807, 2.05) is 31.2 Å². The minimum absolute atomic E-state index is 0.0438. The number of benzene rings is 2. The van der Waals surface area contributed by atoms with Crippen molar-refractivity contribution < 1.29 is 26.4 Å². The molecule has 2 rings (SSSR count). The first-order valence-corrected chi connectivity index (χ1v) is 10.4. The lowest BCUT2D eigenvalue weighted by Crippen LogP contribution is -2.14. The Kier molecular flexibility index (Phi) is 10.3. The zero-order chi connectivity index (χ0) is 22.0. The molecule has 0 bridgehead atoms. The predicted molar refractivity (Wildman–Crippen MR) is 108 cm³/mol. The van der Waals surface area contributed by atoms with Gasteiger partial charge in [0.05, 0.1) is 11.3 Å². The van der Waals surface area contributed by atoms with Crippen molar-refractivity contribution in [2.45, 2.75) is 32.5 Å². The Morgan fingerprint density at radius 1 is 1.21 bits per heavy atom. The van der Waals surface area contributed by atoms with Crippen LogP contribution >= 0.6 is 27.5 Å². The molecule has 0 amide bonds. The van der Waals surface area contributed by atoms with E-state index in [4.69, 9.17) is 29.6 Å². The number of alkyl halides is 3. The molecule has 11 heteroatoms. The molecule has 2 aromatic carbocycles. The molecule has 0 aromatic heterocycles. The highest BCUT2D eigenvalue weighted by atomic mass is 79.9. The van der Waals surface area contributed by atoms with Crippen LogP contribution in [0.5, 0.6) is 0 Å². The first-order valence-electron chi connectivity index (χ1n) is 8.15. The largest absolute Gasteiger partial charge is 0.417 e. The molecule has 0 heterocycles. The van der Waals surface area contributed by atoms with Gasteiger partial charge in [-0.15, -0.1) is 0 Å². The Labute approximate surface area is 181 Å². The van der Waals surface area contributed by atoms with Crippen LogP contribution in [0.25, 0.3) is 0 Å². The number of nitrogens with one attached hydrogen (secondary N) is 1. The molecule has 158 valence electrons. The molecule has 0 atom stereocenters. The van der Waals surface area contributed by atoms with Crippen LogP contribution in [0, 0.1) is 4.78 Å². The fraction of sp³-hybridized carbons (Fsp3) is 0.278. The van der Waals surface area contributed by atoms with Crippen LogP contribution in [-0.2, 0) is 28.1 Å². The Balaban J connectivity index is 0.000000960. The van der Waals surface area contributed by atoms with Gasteiger partial charge in [0.15, 0.2) is 0 Å². The molecule has 0 aliphatic rings. The molecule has 5 nitrogen and oxygen atoms in total. The van der Waals surface area contributed by atoms with Crippen molar-refractivity contribution in [3.63, 3.8) is 0 Å². The van der Waals surface area contributed by atoms with Crippen molar-refractivity contribution in [2.24, 2.45) is 5.16 Å². The summed E-state index contributed by atoms with van der Waals surface area (Å²) in [6.45, 7) is 2.03. The lowest BCUT2D eigenvalue weighted by molar-refractivity contribution is -0.137. The van der Waals surface area contributed by atoms with E-state index in [0.717, 1.165) is 16.1 Å². The molecule has 0 spiro atoms. The Hall–Kier alpha value is -1.91. The van der Waals surface area contributed by atoms with E-state index in [2.05, 4.69) is 21.1 Å². The summed E-state index contributed by atoms with van der Waals surface area (Å²) in [5, 5.41) is 4.18. The van der Waals surface area contributed by atoms with Gasteiger partial charge in [0.1, 0.15) is 6.61 Å². The second kappa shape index (κ2) is 11.9. The topological polar surface area (TPSA) is 79.6 Å². The molecule has 29 heavy (non-hydrogen) atoms. The fourth-order valence-corrected chi connectivity index (χ4v) is 2.67. The van der Waals surface area contributed by atoms with Crippen LogP contribution < -0.4 is 0 Å². The van der Waals surface area contributed by atoms with E-state index in [-0.39, 0.29) is 22.9 Å². The zero-order valence-electron chi connectivity index (χ0n) is 15.1. The van der Waals surface area contributed by atoms with Crippen molar-refractivity contribution >= 4 is 43.7 Å². The number of rotatable bonds is 6. The quantitative estimate of drug-likeness (QED) is 0.355. The maximum Gasteiger partial charge on any atom is 0.417 e. The minimum Gasteiger partial charge on any atom is -0.391 e. The summed E-state index contributed by atoms with van der Waals surface area (Å²) in [4.78, 5) is 5.30. The molecule has 1 N–H and O–H groups in total. The van der Waals surface area contributed by atoms with Gasteiger partial charge in [0.25, 0.3) is 0 Å². The summed E-state index contributed by atoms with van der Waals surface area (Å²) < 4.78 is 63.6. The molecule has 0 fully saturated rings. The monoisotopic (exact) mass is 512 g/mol. The smallest absolute Gasteiger partial charge is 0.391 e. The normalized spacial score (nSPS) is 11.4. The van der Waals surface area contributed by atoms with Crippen LogP contribution in [-0.4, -0.2) is 14.1 Å². The molecular weight excluding hydrogens is 497 g/mol. The molecule has 0 saturated heterocycles. The molecule has 0 unspecified atom stereocenters. The van der Waals surface area contributed by atoms with Crippen LogP contribution in [0.15, 0.2) is 52.1 Å². The van der Waals surface area contributed by atoms with Crippen molar-refractivity contribution in [3.8, 4) is 0 Å². The summed E-state index contributed by atoms with van der Waals surface area (Å²) >= 11 is 9.22. The van der Waals surface area contributed by atoms with Gasteiger partial charge in [0.2, 0.25) is 0 Å². The molecular formula is C18H17BrClF3N2O3S. The first kappa shape index (κ1) is 25.1. The van der Waals surface area contributed by atoms with Crippen LogP contribution in [0.4, 0.5) is 13.2 Å². The van der Waals surface area contributed by atoms with Gasteiger partial charge in [-0.25, -0.2) is 0 Å². The Bertz CT molecular complexity index is 944. The van der Waals surface area contributed by atoms with Crippen molar-refractivity contribution in [3.05, 3.63) is 68.7 Å². The average molecular weight is 514 g/mol. The lowest BCUT2D eigenvalue weighted by atomic mass is 9.99. The third-order valence-electron chi connectivity index (χ3n) is 3.40. The van der Waals surface area contributed by atoms with Gasteiger partial charge in [-0.2, -0.15) is 26.4 Å². The van der Waals surface area contributed by atoms with E-state index in [1.165, 1.54) is 12.1 Å². The highest BCUT2D eigenvalue weighted by molar-refractivity contribution is 9.10. The van der Waals surface area contributed by atoms with Gasteiger partial charge >= 0.3 is 16.7 Å². The van der Waals surface area contributed by atoms with E-state index in [9.17, 15) is 13.2 Å². The second-order valence-corrected chi connectivity index (χ2v) is 7.43. The summed E-state index contributed by atoms with van der Waals surface area (Å²) in [7, 11) is -2.61. The highest BCUT2D eigenvalue weighted by Crippen LogP contribution is 2.34. The average Bonchev–Trinajstić information content (AvgIpc) is 2.61. The number of oxime groups is 1. The molecule has 0 saturated carbocycles. The minimum atomic E-state index is -4.49. The highest BCUT2D eigenvalue weighted by Gasteiger charge is 2.34. The molecule has 0 radical (unpaired) electrons. The van der Waals surface area contributed by atoms with Crippen LogP contribution in [0.2, 0.25) is 5.02 Å². The zero-order valence-corrected chi connectivity index (χ0v) is 18.3. The first-order chi connectivity index (χ1) is 13.5. The van der Waals surface area contributed by atoms with E-state index < -0.39 is 22.2 Å². The SMILES string of the molecule is CCC/C(=N\OCc1ccc(Br)cc1)c1cc(Cl)ccc1C(F)(F)F.N=S(=O)=O. The fourth-order valence-electron chi connectivity index (χ4n) is 2.23. The van der Waals surface area contributed by atoms with E-state index in [0.29, 0.717) is 12.8 Å². The second-order valence-electron chi connectivity index (χ2n) is 5.61. The van der Waals surface area contributed by atoms with Crippen LogP contribution in [0.1, 0.15) is 36.5 Å². The van der Waals surface area contributed by atoms with Crippen molar-refractivity contribution in [2.75, 3.05) is 0 Å². The molecule has 0 aliphatic carbocycles. The Morgan fingerprint density at radius 2 is 1.79 bits per heavy atom. The van der Waals surface area contributed by atoms with Gasteiger partial charge in [0, 0.05) is 15.1 Å². The number of hydrogen-bond acceptors (Lipinski definition) is 5. The van der Waals surface area contributed by atoms with Gasteiger partial charge in [-0.05, 0) is 42.3 Å². The van der Waals surface area contributed by atoms with Gasteiger partial charge in [-0.1, -0.05) is 58.2 Å². The summed E-state index contributed by atoms with van der Waals surface area (Å²) in [5.74, 6) is 0. The van der Waals surface area contributed by atoms with E-state index in [1.54, 1.807) is 0 Å². The van der Waals surface area contributed by atoms with Crippen molar-refractivity contribution in [1.82, 2.24) is 0 Å². The number of hydrogen-bond donors (Lipinski definition) is 1. The summed E-state index contributed by atoms with van der Waals surface area (Å²) in [6, 6.07) is 10.9. The lowest BCUT2D eigenvalue weighted by Gasteiger charge is -2.14. The predicted octanol–water partition coefficient (Wildman–Crippen LogP) is 6.47. The standard InChI is InChI=1S/C18H16BrClF3NO.HNO2S/c1-2-3-17(24-25-11-12-4-6-13(19)7-5-12)15-10-14(20)8-9-16(15)18(21,22)23;1-4(2)3/h4-10H,2-3,11H2,1H3;1H/b24-17+;. The number of nitrogens with zero attached hydrogens (tertiary/aromatic N) is 1. The third kappa shape index (κ3) is 9.42. The third-order valence-corrected chi connectivity index (χ3v) is 4.17.